The van der Waals surface area contributed by atoms with Crippen molar-refractivity contribution in [2.24, 2.45) is 7.05 Å². The van der Waals surface area contributed by atoms with Gasteiger partial charge >= 0.3 is 0 Å². The van der Waals surface area contributed by atoms with E-state index in [4.69, 9.17) is 9.15 Å². The number of hydrogen-bond donors (Lipinski definition) is 0. The highest BCUT2D eigenvalue weighted by Gasteiger charge is 2.32. The van der Waals surface area contributed by atoms with Crippen LogP contribution in [0.1, 0.15) is 22.7 Å². The fourth-order valence-electron chi connectivity index (χ4n) is 3.24. The summed E-state index contributed by atoms with van der Waals surface area (Å²) in [6.45, 7) is 3.28. The number of carbonyl (C=O) groups excluding carboxylic acids is 1. The topological polar surface area (TPSA) is 76.6 Å². The van der Waals surface area contributed by atoms with Gasteiger partial charge in [-0.15, -0.1) is 0 Å². The molecular formula is C17H25N5O3. The van der Waals surface area contributed by atoms with Crippen LogP contribution in [-0.2, 0) is 11.8 Å². The second kappa shape index (κ2) is 6.97. The first kappa shape index (κ1) is 17.6. The van der Waals surface area contributed by atoms with Crippen molar-refractivity contribution in [3.63, 3.8) is 0 Å². The van der Waals surface area contributed by atoms with E-state index in [1.165, 1.54) is 0 Å². The molecule has 2 atom stereocenters. The Balaban J connectivity index is 1.71. The summed E-state index contributed by atoms with van der Waals surface area (Å²) in [6, 6.07) is 0.281. The average Bonchev–Trinajstić information content (AvgIpc) is 3.26. The number of nitrogens with zero attached hydrogens (tertiary/aromatic N) is 5. The fraction of sp³-hybridized carbons (Fsp3) is 0.588. The van der Waals surface area contributed by atoms with Crippen molar-refractivity contribution in [2.75, 3.05) is 34.3 Å². The summed E-state index contributed by atoms with van der Waals surface area (Å²) in [6.07, 6.45) is 4.62. The molecule has 0 bridgehead atoms. The van der Waals surface area contributed by atoms with E-state index in [1.807, 2.05) is 13.2 Å². The van der Waals surface area contributed by atoms with Crippen LogP contribution in [0, 0.1) is 6.92 Å². The molecule has 8 heteroatoms. The van der Waals surface area contributed by atoms with E-state index in [0.29, 0.717) is 23.9 Å². The monoisotopic (exact) mass is 347 g/mol. The molecular weight excluding hydrogens is 322 g/mol. The summed E-state index contributed by atoms with van der Waals surface area (Å²) in [4.78, 5) is 21.1. The lowest BCUT2D eigenvalue weighted by Crippen LogP contribution is -2.39. The number of methoxy groups -OCH3 is 1. The van der Waals surface area contributed by atoms with Gasteiger partial charge in [0.2, 0.25) is 5.89 Å². The predicted molar refractivity (Wildman–Crippen MR) is 92.2 cm³/mol. The van der Waals surface area contributed by atoms with E-state index in [9.17, 15) is 4.79 Å². The molecule has 2 aromatic rings. The third kappa shape index (κ3) is 3.59. The number of ether oxygens (including phenoxy) is 1. The van der Waals surface area contributed by atoms with E-state index in [0.717, 1.165) is 18.5 Å². The van der Waals surface area contributed by atoms with Crippen molar-refractivity contribution >= 4 is 5.91 Å². The molecule has 0 spiro atoms. The molecule has 0 saturated carbocycles. The molecule has 1 fully saturated rings. The molecule has 1 saturated heterocycles. The number of aromatic nitrogens is 3. The van der Waals surface area contributed by atoms with Gasteiger partial charge in [0, 0.05) is 46.5 Å². The Bertz CT molecular complexity index is 753. The van der Waals surface area contributed by atoms with Gasteiger partial charge in [-0.1, -0.05) is 0 Å². The van der Waals surface area contributed by atoms with Crippen molar-refractivity contribution in [3.05, 3.63) is 23.8 Å². The highest BCUT2D eigenvalue weighted by molar-refractivity contribution is 5.93. The number of rotatable bonds is 5. The van der Waals surface area contributed by atoms with E-state index in [2.05, 4.69) is 22.0 Å². The Morgan fingerprint density at radius 2 is 2.24 bits per heavy atom. The number of oxazole rings is 1. The molecule has 8 nitrogen and oxygen atoms in total. The first-order chi connectivity index (χ1) is 11.9. The van der Waals surface area contributed by atoms with Gasteiger partial charge in [0.25, 0.3) is 5.91 Å². The first-order valence-electron chi connectivity index (χ1n) is 8.34. The molecule has 2 aromatic heterocycles. The highest BCUT2D eigenvalue weighted by atomic mass is 16.5. The van der Waals surface area contributed by atoms with Crippen molar-refractivity contribution in [1.29, 1.82) is 0 Å². The van der Waals surface area contributed by atoms with Crippen molar-refractivity contribution in [2.45, 2.75) is 25.5 Å². The van der Waals surface area contributed by atoms with Crippen LogP contribution < -0.4 is 0 Å². The molecule has 0 radical (unpaired) electrons. The van der Waals surface area contributed by atoms with Gasteiger partial charge < -0.3 is 14.1 Å². The molecule has 0 aromatic carbocycles. The lowest BCUT2D eigenvalue weighted by atomic mass is 10.2. The van der Waals surface area contributed by atoms with Gasteiger partial charge in [0.05, 0.1) is 17.9 Å². The van der Waals surface area contributed by atoms with Gasteiger partial charge in [0.15, 0.2) is 5.69 Å². The zero-order valence-corrected chi connectivity index (χ0v) is 15.4. The predicted octanol–water partition coefficient (Wildman–Crippen LogP) is 1.17. The fourth-order valence-corrected chi connectivity index (χ4v) is 3.24. The largest absolute Gasteiger partial charge is 0.440 e. The van der Waals surface area contributed by atoms with Gasteiger partial charge in [-0.3, -0.25) is 14.4 Å². The maximum Gasteiger partial charge on any atom is 0.275 e. The third-order valence-electron chi connectivity index (χ3n) is 4.77. The van der Waals surface area contributed by atoms with Crippen molar-refractivity contribution in [1.82, 2.24) is 24.6 Å². The molecule has 0 aliphatic carbocycles. The number of amides is 1. The van der Waals surface area contributed by atoms with Crippen molar-refractivity contribution < 1.29 is 13.9 Å². The van der Waals surface area contributed by atoms with Crippen LogP contribution in [0.2, 0.25) is 0 Å². The Morgan fingerprint density at radius 3 is 2.84 bits per heavy atom. The number of hydrogen-bond acceptors (Lipinski definition) is 6. The van der Waals surface area contributed by atoms with Crippen molar-refractivity contribution in [3.8, 4) is 11.5 Å². The van der Waals surface area contributed by atoms with Gasteiger partial charge in [-0.25, -0.2) is 4.98 Å². The Kier molecular flexibility index (Phi) is 4.91. The summed E-state index contributed by atoms with van der Waals surface area (Å²) in [5.74, 6) is 0.802. The van der Waals surface area contributed by atoms with E-state index in [-0.39, 0.29) is 18.1 Å². The smallest absolute Gasteiger partial charge is 0.275 e. The van der Waals surface area contributed by atoms with Crippen LogP contribution in [0.3, 0.4) is 0 Å². The van der Waals surface area contributed by atoms with Gasteiger partial charge in [0.1, 0.15) is 5.76 Å². The summed E-state index contributed by atoms with van der Waals surface area (Å²) in [7, 11) is 7.41. The number of carbonyl (C=O) groups is 1. The first-order valence-corrected chi connectivity index (χ1v) is 8.34. The van der Waals surface area contributed by atoms with E-state index < -0.39 is 0 Å². The number of likely N-dealkylation sites (N-methyl/N-ethyl adjacent to an activating group) is 2. The number of aryl methyl sites for hydroxylation is 2. The molecule has 25 heavy (non-hydrogen) atoms. The Morgan fingerprint density at radius 1 is 1.48 bits per heavy atom. The molecule has 1 amide bonds. The standard InChI is InChI=1S/C17H25N5O3/c1-11-15(19-16(25-11)12-7-18-22(4)8-12)17(23)21(3)9-13-6-14(24-5)10-20(13)2/h7-8,13-14H,6,9-10H2,1-5H3/t13-,14-/m0/s1. The van der Waals surface area contributed by atoms with Crippen LogP contribution in [0.5, 0.6) is 0 Å². The zero-order valence-electron chi connectivity index (χ0n) is 15.4. The Labute approximate surface area is 147 Å². The van der Waals surface area contributed by atoms with E-state index in [1.54, 1.807) is 36.9 Å². The van der Waals surface area contributed by atoms with Crippen LogP contribution in [0.25, 0.3) is 11.5 Å². The van der Waals surface area contributed by atoms with Crippen LogP contribution in [0.15, 0.2) is 16.8 Å². The third-order valence-corrected chi connectivity index (χ3v) is 4.77. The molecule has 3 rings (SSSR count). The molecule has 1 aliphatic heterocycles. The maximum absolute atomic E-state index is 12.8. The maximum atomic E-state index is 12.8. The van der Waals surface area contributed by atoms with Gasteiger partial charge in [-0.05, 0) is 20.4 Å². The van der Waals surface area contributed by atoms with Crippen LogP contribution in [0.4, 0.5) is 0 Å². The minimum Gasteiger partial charge on any atom is -0.440 e. The lowest BCUT2D eigenvalue weighted by molar-refractivity contribution is 0.0753. The summed E-state index contributed by atoms with van der Waals surface area (Å²) in [5.41, 5.74) is 1.11. The zero-order chi connectivity index (χ0) is 18.1. The number of likely N-dealkylation sites (tertiary alicyclic amines) is 1. The molecule has 1 aliphatic rings. The average molecular weight is 347 g/mol. The summed E-state index contributed by atoms with van der Waals surface area (Å²) < 4.78 is 12.8. The highest BCUT2D eigenvalue weighted by Crippen LogP contribution is 2.23. The molecule has 0 N–H and O–H groups in total. The van der Waals surface area contributed by atoms with Crippen LogP contribution in [-0.4, -0.2) is 76.9 Å². The normalized spacial score (nSPS) is 21.0. The molecule has 136 valence electrons. The summed E-state index contributed by atoms with van der Waals surface area (Å²) >= 11 is 0. The second-order valence-corrected chi connectivity index (χ2v) is 6.70. The van der Waals surface area contributed by atoms with E-state index >= 15 is 0 Å². The minimum absolute atomic E-state index is 0.134. The summed E-state index contributed by atoms with van der Waals surface area (Å²) in [5, 5.41) is 4.11. The Hall–Kier alpha value is -2.19. The van der Waals surface area contributed by atoms with Crippen LogP contribution >= 0.6 is 0 Å². The second-order valence-electron chi connectivity index (χ2n) is 6.70. The quantitative estimate of drug-likeness (QED) is 0.808. The minimum atomic E-state index is -0.134. The SMILES string of the molecule is CO[C@H]1C[C@@H](CN(C)C(=O)c2nc(-c3cnn(C)c3)oc2C)N(C)C1. The molecule has 3 heterocycles. The van der Waals surface area contributed by atoms with Gasteiger partial charge in [-0.2, -0.15) is 5.10 Å². The lowest BCUT2D eigenvalue weighted by Gasteiger charge is -2.25. The molecule has 0 unspecified atom stereocenters.